The van der Waals surface area contributed by atoms with Crippen LogP contribution < -0.4 is 5.32 Å². The molecule has 0 aliphatic heterocycles. The fourth-order valence-corrected chi connectivity index (χ4v) is 1.38. The summed E-state index contributed by atoms with van der Waals surface area (Å²) in [7, 11) is 1.75. The van der Waals surface area contributed by atoms with Gasteiger partial charge in [-0.15, -0.1) is 0 Å². The summed E-state index contributed by atoms with van der Waals surface area (Å²) in [5, 5.41) is 2.85. The molecular formula is C11H15F2N. The number of nitrogens with one attached hydrogen (secondary N) is 1. The second-order valence-electron chi connectivity index (χ2n) is 3.53. The number of benzene rings is 1. The minimum absolute atomic E-state index is 0.134. The maximum atomic E-state index is 14.0. The van der Waals surface area contributed by atoms with Gasteiger partial charge in [0.25, 0.3) is 0 Å². The number of halogens is 2. The van der Waals surface area contributed by atoms with Gasteiger partial charge in [0.1, 0.15) is 11.5 Å². The van der Waals surface area contributed by atoms with Gasteiger partial charge in [-0.05, 0) is 33.0 Å². The van der Waals surface area contributed by atoms with E-state index in [2.05, 4.69) is 5.32 Å². The van der Waals surface area contributed by atoms with Crippen LogP contribution in [0.5, 0.6) is 0 Å². The van der Waals surface area contributed by atoms with Crippen molar-refractivity contribution in [3.05, 3.63) is 35.6 Å². The molecule has 78 valence electrons. The third-order valence-electron chi connectivity index (χ3n) is 2.28. The molecule has 0 fully saturated rings. The number of hydrogen-bond acceptors (Lipinski definition) is 1. The van der Waals surface area contributed by atoms with Crippen molar-refractivity contribution in [1.29, 1.82) is 0 Å². The second kappa shape index (κ2) is 4.51. The minimum atomic E-state index is -1.60. The van der Waals surface area contributed by atoms with Gasteiger partial charge in [0.2, 0.25) is 0 Å². The Hall–Kier alpha value is -0.960. The molecular weight excluding hydrogens is 184 g/mol. The van der Waals surface area contributed by atoms with Gasteiger partial charge in [-0.3, -0.25) is 0 Å². The van der Waals surface area contributed by atoms with Crippen LogP contribution in [0.4, 0.5) is 8.78 Å². The van der Waals surface area contributed by atoms with Crippen molar-refractivity contribution in [2.24, 2.45) is 0 Å². The molecule has 1 aromatic rings. The first kappa shape index (κ1) is 11.1. The molecule has 1 nitrogen and oxygen atoms in total. The first-order valence-corrected chi connectivity index (χ1v) is 4.66. The van der Waals surface area contributed by atoms with Crippen molar-refractivity contribution in [1.82, 2.24) is 5.32 Å². The molecule has 0 saturated carbocycles. The van der Waals surface area contributed by atoms with E-state index in [1.807, 2.05) is 0 Å². The van der Waals surface area contributed by atoms with Crippen LogP contribution in [0.2, 0.25) is 0 Å². The Morgan fingerprint density at radius 3 is 2.57 bits per heavy atom. The SMILES string of the molecule is CNCCC(C)(F)c1ccccc1F. The molecule has 0 saturated heterocycles. The number of alkyl halides is 1. The smallest absolute Gasteiger partial charge is 0.137 e. The molecule has 0 aliphatic carbocycles. The van der Waals surface area contributed by atoms with Crippen LogP contribution in [0.3, 0.4) is 0 Å². The zero-order valence-corrected chi connectivity index (χ0v) is 8.48. The maximum Gasteiger partial charge on any atom is 0.137 e. The van der Waals surface area contributed by atoms with E-state index < -0.39 is 11.5 Å². The summed E-state index contributed by atoms with van der Waals surface area (Å²) in [6, 6.07) is 5.99. The van der Waals surface area contributed by atoms with Crippen molar-refractivity contribution in [2.75, 3.05) is 13.6 Å². The summed E-state index contributed by atoms with van der Waals surface area (Å²) in [6.45, 7) is 1.93. The van der Waals surface area contributed by atoms with Crippen molar-refractivity contribution >= 4 is 0 Å². The third kappa shape index (κ3) is 2.51. The standard InChI is InChI=1S/C11H15F2N/c1-11(13,7-8-14-2)9-5-3-4-6-10(9)12/h3-6,14H,7-8H2,1-2H3. The van der Waals surface area contributed by atoms with Crippen molar-refractivity contribution in [2.45, 2.75) is 19.0 Å². The Kier molecular flexibility index (Phi) is 3.58. The largest absolute Gasteiger partial charge is 0.320 e. The van der Waals surface area contributed by atoms with Gasteiger partial charge >= 0.3 is 0 Å². The third-order valence-corrected chi connectivity index (χ3v) is 2.28. The van der Waals surface area contributed by atoms with E-state index in [-0.39, 0.29) is 12.0 Å². The van der Waals surface area contributed by atoms with Gasteiger partial charge in [-0.1, -0.05) is 18.2 Å². The van der Waals surface area contributed by atoms with Gasteiger partial charge in [0.15, 0.2) is 0 Å². The van der Waals surface area contributed by atoms with Crippen molar-refractivity contribution in [3.63, 3.8) is 0 Å². The van der Waals surface area contributed by atoms with Gasteiger partial charge in [-0.2, -0.15) is 0 Å². The minimum Gasteiger partial charge on any atom is -0.320 e. The van der Waals surface area contributed by atoms with Crippen LogP contribution in [0.25, 0.3) is 0 Å². The lowest BCUT2D eigenvalue weighted by molar-refractivity contribution is 0.171. The van der Waals surface area contributed by atoms with E-state index >= 15 is 0 Å². The molecule has 0 amide bonds. The van der Waals surface area contributed by atoms with E-state index in [0.29, 0.717) is 6.54 Å². The van der Waals surface area contributed by atoms with Crippen molar-refractivity contribution in [3.8, 4) is 0 Å². The lowest BCUT2D eigenvalue weighted by Crippen LogP contribution is -2.23. The molecule has 1 N–H and O–H groups in total. The molecule has 3 heteroatoms. The molecule has 0 bridgehead atoms. The van der Waals surface area contributed by atoms with E-state index in [1.54, 1.807) is 19.2 Å². The predicted octanol–water partition coefficient (Wildman–Crippen LogP) is 2.62. The van der Waals surface area contributed by atoms with Gasteiger partial charge < -0.3 is 5.32 Å². The Morgan fingerprint density at radius 2 is 2.00 bits per heavy atom. The molecule has 1 aromatic carbocycles. The highest BCUT2D eigenvalue weighted by atomic mass is 19.1. The maximum absolute atomic E-state index is 14.0. The van der Waals surface area contributed by atoms with Crippen LogP contribution in [0, 0.1) is 5.82 Å². The highest BCUT2D eigenvalue weighted by Gasteiger charge is 2.27. The summed E-state index contributed by atoms with van der Waals surface area (Å²) in [5.41, 5.74) is -1.47. The average molecular weight is 199 g/mol. The van der Waals surface area contributed by atoms with Crippen LogP contribution >= 0.6 is 0 Å². The molecule has 0 aromatic heterocycles. The second-order valence-corrected chi connectivity index (χ2v) is 3.53. The monoisotopic (exact) mass is 199 g/mol. The zero-order valence-electron chi connectivity index (χ0n) is 8.48. The van der Waals surface area contributed by atoms with Gasteiger partial charge in [0, 0.05) is 5.56 Å². The molecule has 0 heterocycles. The van der Waals surface area contributed by atoms with Crippen LogP contribution in [0.15, 0.2) is 24.3 Å². The molecule has 1 atom stereocenters. The van der Waals surface area contributed by atoms with E-state index in [0.717, 1.165) is 0 Å². The predicted molar refractivity (Wildman–Crippen MR) is 53.4 cm³/mol. The van der Waals surface area contributed by atoms with Crippen LogP contribution in [-0.4, -0.2) is 13.6 Å². The quantitative estimate of drug-likeness (QED) is 0.786. The highest BCUT2D eigenvalue weighted by Crippen LogP contribution is 2.30. The summed E-state index contributed by atoms with van der Waals surface area (Å²) in [4.78, 5) is 0. The Bertz CT molecular complexity index is 297. The van der Waals surface area contributed by atoms with Gasteiger partial charge in [0.05, 0.1) is 0 Å². The number of hydrogen-bond donors (Lipinski definition) is 1. The van der Waals surface area contributed by atoms with Gasteiger partial charge in [-0.25, -0.2) is 8.78 Å². The summed E-state index contributed by atoms with van der Waals surface area (Å²) >= 11 is 0. The number of rotatable bonds is 4. The fourth-order valence-electron chi connectivity index (χ4n) is 1.38. The van der Waals surface area contributed by atoms with E-state index in [1.165, 1.54) is 19.1 Å². The van der Waals surface area contributed by atoms with Crippen LogP contribution in [0.1, 0.15) is 18.9 Å². The molecule has 1 unspecified atom stereocenters. The zero-order chi connectivity index (χ0) is 10.6. The van der Waals surface area contributed by atoms with Crippen LogP contribution in [-0.2, 0) is 5.67 Å². The topological polar surface area (TPSA) is 12.0 Å². The average Bonchev–Trinajstić information content (AvgIpc) is 2.15. The Balaban J connectivity index is 2.86. The summed E-state index contributed by atoms with van der Waals surface area (Å²) in [5.74, 6) is -0.478. The fraction of sp³-hybridized carbons (Fsp3) is 0.455. The molecule has 14 heavy (non-hydrogen) atoms. The molecule has 0 spiro atoms. The lowest BCUT2D eigenvalue weighted by Gasteiger charge is -2.21. The Labute approximate surface area is 83.1 Å². The first-order valence-electron chi connectivity index (χ1n) is 4.66. The molecule has 0 radical (unpaired) electrons. The Morgan fingerprint density at radius 1 is 1.36 bits per heavy atom. The summed E-state index contributed by atoms with van der Waals surface area (Å²) in [6.07, 6.45) is 0.268. The van der Waals surface area contributed by atoms with E-state index in [9.17, 15) is 8.78 Å². The van der Waals surface area contributed by atoms with E-state index in [4.69, 9.17) is 0 Å². The normalized spacial score (nSPS) is 15.1. The first-order chi connectivity index (χ1) is 6.58. The highest BCUT2D eigenvalue weighted by molar-refractivity contribution is 5.23. The molecule has 1 rings (SSSR count). The summed E-state index contributed by atoms with van der Waals surface area (Å²) < 4.78 is 27.2. The molecule has 0 aliphatic rings. The van der Waals surface area contributed by atoms with Crippen molar-refractivity contribution < 1.29 is 8.78 Å². The lowest BCUT2D eigenvalue weighted by atomic mass is 9.94.